The smallest absolute Gasteiger partial charge is 0.261 e. The highest BCUT2D eigenvalue weighted by molar-refractivity contribution is 7.12. The standard InChI is InChI=1S/C10H15NO2S/c1-10(2,3)11-9(12)8-5-7(13-4)6-14-8/h5-6H,1-4H3,(H,11,12). The van der Waals surface area contributed by atoms with Crippen LogP contribution in [0.1, 0.15) is 30.4 Å². The van der Waals surface area contributed by atoms with Crippen molar-refractivity contribution in [3.63, 3.8) is 0 Å². The van der Waals surface area contributed by atoms with E-state index in [1.54, 1.807) is 13.2 Å². The summed E-state index contributed by atoms with van der Waals surface area (Å²) in [7, 11) is 1.59. The first-order chi connectivity index (χ1) is 6.42. The molecule has 1 aromatic heterocycles. The lowest BCUT2D eigenvalue weighted by molar-refractivity contribution is 0.0923. The molecule has 0 unspecified atom stereocenters. The highest BCUT2D eigenvalue weighted by Crippen LogP contribution is 2.21. The van der Waals surface area contributed by atoms with Gasteiger partial charge in [-0.15, -0.1) is 11.3 Å². The Hall–Kier alpha value is -1.03. The van der Waals surface area contributed by atoms with Gasteiger partial charge in [0.25, 0.3) is 5.91 Å². The van der Waals surface area contributed by atoms with Crippen molar-refractivity contribution in [3.8, 4) is 5.75 Å². The lowest BCUT2D eigenvalue weighted by atomic mass is 10.1. The van der Waals surface area contributed by atoms with Crippen LogP contribution >= 0.6 is 11.3 Å². The molecule has 0 atom stereocenters. The van der Waals surface area contributed by atoms with Gasteiger partial charge in [0.1, 0.15) is 5.75 Å². The van der Waals surface area contributed by atoms with Crippen LogP contribution in [0.3, 0.4) is 0 Å². The fourth-order valence-corrected chi connectivity index (χ4v) is 1.70. The first kappa shape index (κ1) is 11.0. The summed E-state index contributed by atoms with van der Waals surface area (Å²) in [6.07, 6.45) is 0. The Morgan fingerprint density at radius 1 is 1.50 bits per heavy atom. The van der Waals surface area contributed by atoms with Crippen LogP contribution in [0.4, 0.5) is 0 Å². The minimum Gasteiger partial charge on any atom is -0.496 e. The van der Waals surface area contributed by atoms with Gasteiger partial charge in [-0.2, -0.15) is 0 Å². The van der Waals surface area contributed by atoms with Gasteiger partial charge >= 0.3 is 0 Å². The molecule has 0 aliphatic carbocycles. The highest BCUT2D eigenvalue weighted by atomic mass is 32.1. The normalized spacial score (nSPS) is 11.1. The first-order valence-electron chi connectivity index (χ1n) is 4.37. The van der Waals surface area contributed by atoms with Crippen molar-refractivity contribution in [1.82, 2.24) is 5.32 Å². The van der Waals surface area contributed by atoms with E-state index >= 15 is 0 Å². The molecule has 4 heteroatoms. The second-order valence-electron chi connectivity index (χ2n) is 4.05. The number of ether oxygens (including phenoxy) is 1. The summed E-state index contributed by atoms with van der Waals surface area (Å²) in [5, 5.41) is 4.71. The number of hydrogen-bond donors (Lipinski definition) is 1. The molecular formula is C10H15NO2S. The van der Waals surface area contributed by atoms with Crippen LogP contribution in [0.5, 0.6) is 5.75 Å². The third kappa shape index (κ3) is 3.03. The largest absolute Gasteiger partial charge is 0.496 e. The number of methoxy groups -OCH3 is 1. The molecule has 0 fully saturated rings. The summed E-state index contributed by atoms with van der Waals surface area (Å²) in [4.78, 5) is 12.3. The van der Waals surface area contributed by atoms with Crippen molar-refractivity contribution in [3.05, 3.63) is 16.3 Å². The zero-order valence-electron chi connectivity index (χ0n) is 8.88. The quantitative estimate of drug-likeness (QED) is 0.818. The van der Waals surface area contributed by atoms with Crippen LogP contribution in [0.15, 0.2) is 11.4 Å². The molecule has 14 heavy (non-hydrogen) atoms. The fourth-order valence-electron chi connectivity index (χ4n) is 0.947. The zero-order valence-corrected chi connectivity index (χ0v) is 9.70. The van der Waals surface area contributed by atoms with Gasteiger partial charge in [-0.1, -0.05) is 0 Å². The molecule has 0 bridgehead atoms. The topological polar surface area (TPSA) is 38.3 Å². The summed E-state index contributed by atoms with van der Waals surface area (Å²) in [5.74, 6) is 0.680. The van der Waals surface area contributed by atoms with Gasteiger partial charge in [0.2, 0.25) is 0 Å². The Morgan fingerprint density at radius 2 is 2.14 bits per heavy atom. The monoisotopic (exact) mass is 213 g/mol. The average molecular weight is 213 g/mol. The Bertz CT molecular complexity index is 325. The summed E-state index contributed by atoms with van der Waals surface area (Å²) >= 11 is 1.39. The maximum Gasteiger partial charge on any atom is 0.261 e. The van der Waals surface area contributed by atoms with Crippen molar-refractivity contribution >= 4 is 17.2 Å². The summed E-state index contributed by atoms with van der Waals surface area (Å²) in [6.45, 7) is 5.86. The van der Waals surface area contributed by atoms with Gasteiger partial charge in [0.15, 0.2) is 0 Å². The molecule has 1 heterocycles. The average Bonchev–Trinajstić information content (AvgIpc) is 2.48. The Morgan fingerprint density at radius 3 is 2.57 bits per heavy atom. The number of amides is 1. The van der Waals surface area contributed by atoms with Gasteiger partial charge in [-0.3, -0.25) is 4.79 Å². The molecule has 1 rings (SSSR count). The van der Waals surface area contributed by atoms with Crippen LogP contribution in [0, 0.1) is 0 Å². The summed E-state index contributed by atoms with van der Waals surface area (Å²) < 4.78 is 5.01. The molecule has 1 N–H and O–H groups in total. The van der Waals surface area contributed by atoms with Crippen LogP contribution in [-0.4, -0.2) is 18.6 Å². The third-order valence-corrected chi connectivity index (χ3v) is 2.43. The van der Waals surface area contributed by atoms with E-state index < -0.39 is 0 Å². The van der Waals surface area contributed by atoms with E-state index in [1.165, 1.54) is 11.3 Å². The Balaban J connectivity index is 2.70. The molecule has 0 aliphatic heterocycles. The van der Waals surface area contributed by atoms with E-state index in [2.05, 4.69) is 5.32 Å². The predicted octanol–water partition coefficient (Wildman–Crippen LogP) is 2.29. The number of hydrogen-bond acceptors (Lipinski definition) is 3. The van der Waals surface area contributed by atoms with Gasteiger partial charge in [0, 0.05) is 17.0 Å². The van der Waals surface area contributed by atoms with E-state index in [0.717, 1.165) is 5.75 Å². The van der Waals surface area contributed by atoms with E-state index in [4.69, 9.17) is 4.74 Å². The van der Waals surface area contributed by atoms with Gasteiger partial charge in [0.05, 0.1) is 12.0 Å². The number of carbonyl (C=O) groups is 1. The van der Waals surface area contributed by atoms with Gasteiger partial charge < -0.3 is 10.1 Å². The maximum atomic E-state index is 11.6. The molecule has 0 saturated heterocycles. The second kappa shape index (κ2) is 4.00. The number of nitrogens with one attached hydrogen (secondary N) is 1. The maximum absolute atomic E-state index is 11.6. The molecule has 0 radical (unpaired) electrons. The van der Waals surface area contributed by atoms with E-state index in [1.807, 2.05) is 26.2 Å². The highest BCUT2D eigenvalue weighted by Gasteiger charge is 2.16. The molecular weight excluding hydrogens is 198 g/mol. The van der Waals surface area contributed by atoms with Crippen molar-refractivity contribution in [2.24, 2.45) is 0 Å². The minimum atomic E-state index is -0.200. The Labute approximate surface area is 88.1 Å². The van der Waals surface area contributed by atoms with E-state index in [9.17, 15) is 4.79 Å². The minimum absolute atomic E-state index is 0.0502. The van der Waals surface area contributed by atoms with Crippen molar-refractivity contribution < 1.29 is 9.53 Å². The first-order valence-corrected chi connectivity index (χ1v) is 5.25. The Kier molecular flexibility index (Phi) is 3.16. The number of carbonyl (C=O) groups excluding carboxylic acids is 1. The molecule has 78 valence electrons. The molecule has 0 saturated carbocycles. The van der Waals surface area contributed by atoms with Crippen LogP contribution in [-0.2, 0) is 0 Å². The number of rotatable bonds is 2. The zero-order chi connectivity index (χ0) is 10.8. The van der Waals surface area contributed by atoms with Gasteiger partial charge in [-0.05, 0) is 20.8 Å². The van der Waals surface area contributed by atoms with Crippen molar-refractivity contribution in [2.75, 3.05) is 7.11 Å². The van der Waals surface area contributed by atoms with E-state index in [-0.39, 0.29) is 11.4 Å². The van der Waals surface area contributed by atoms with Crippen LogP contribution in [0.25, 0.3) is 0 Å². The van der Waals surface area contributed by atoms with Crippen molar-refractivity contribution in [2.45, 2.75) is 26.3 Å². The lowest BCUT2D eigenvalue weighted by Crippen LogP contribution is -2.40. The van der Waals surface area contributed by atoms with Crippen LogP contribution in [0.2, 0.25) is 0 Å². The molecule has 1 amide bonds. The molecule has 0 aliphatic rings. The second-order valence-corrected chi connectivity index (χ2v) is 4.97. The SMILES string of the molecule is COc1csc(C(=O)NC(C)(C)C)c1. The fraction of sp³-hybridized carbons (Fsp3) is 0.500. The summed E-state index contributed by atoms with van der Waals surface area (Å²) in [5.41, 5.74) is -0.200. The summed E-state index contributed by atoms with van der Waals surface area (Å²) in [6, 6.07) is 1.74. The van der Waals surface area contributed by atoms with Gasteiger partial charge in [-0.25, -0.2) is 0 Å². The molecule has 0 spiro atoms. The predicted molar refractivity (Wildman–Crippen MR) is 58.1 cm³/mol. The molecule has 3 nitrogen and oxygen atoms in total. The molecule has 0 aromatic carbocycles. The third-order valence-electron chi connectivity index (χ3n) is 1.52. The molecule has 1 aromatic rings. The lowest BCUT2D eigenvalue weighted by Gasteiger charge is -2.19. The van der Waals surface area contributed by atoms with Crippen LogP contribution < -0.4 is 10.1 Å². The number of thiophene rings is 1. The van der Waals surface area contributed by atoms with E-state index in [0.29, 0.717) is 4.88 Å². The van der Waals surface area contributed by atoms with Crippen molar-refractivity contribution in [1.29, 1.82) is 0 Å².